The van der Waals surface area contributed by atoms with Crippen molar-refractivity contribution in [2.24, 2.45) is 5.92 Å². The molecular weight excluding hydrogens is 317 g/mol. The van der Waals surface area contributed by atoms with Crippen LogP contribution in [0.4, 0.5) is 9.18 Å². The third-order valence-electron chi connectivity index (χ3n) is 3.94. The summed E-state index contributed by atoms with van der Waals surface area (Å²) in [6.07, 6.45) is 2.78. The second kappa shape index (κ2) is 8.19. The first-order chi connectivity index (χ1) is 11.0. The number of urea groups is 1. The van der Waals surface area contributed by atoms with Gasteiger partial charge in [0.2, 0.25) is 5.91 Å². The van der Waals surface area contributed by atoms with Crippen molar-refractivity contribution in [3.63, 3.8) is 0 Å². The summed E-state index contributed by atoms with van der Waals surface area (Å²) in [6.45, 7) is 2.89. The van der Waals surface area contributed by atoms with Crippen LogP contribution in [-0.2, 0) is 17.1 Å². The molecule has 1 aliphatic rings. The van der Waals surface area contributed by atoms with Crippen LogP contribution in [0, 0.1) is 11.7 Å². The molecule has 1 saturated heterocycles. The lowest BCUT2D eigenvalue weighted by Crippen LogP contribution is -2.56. The first-order valence-corrected chi connectivity index (χ1v) is 8.99. The van der Waals surface area contributed by atoms with Gasteiger partial charge in [0.05, 0.1) is 0 Å². The summed E-state index contributed by atoms with van der Waals surface area (Å²) in [5.74, 6) is 0.351. The standard InChI is InChI=1S/C16H22FN3O2S/c1-10-5-6-18-15(21)14(10)20-16(22)19-8-11-3-4-13(17)7-12(11)9-23-2/h3-4,7,10,14H,5-6,8-9H2,1-2H3,(H,18,21)(H2,19,20,22). The first kappa shape index (κ1) is 17.6. The van der Waals surface area contributed by atoms with Gasteiger partial charge in [0.25, 0.3) is 0 Å². The van der Waals surface area contributed by atoms with Crippen molar-refractivity contribution in [1.82, 2.24) is 16.0 Å². The van der Waals surface area contributed by atoms with Gasteiger partial charge < -0.3 is 16.0 Å². The molecule has 0 saturated carbocycles. The van der Waals surface area contributed by atoms with Crippen molar-refractivity contribution >= 4 is 23.7 Å². The minimum atomic E-state index is -0.511. The van der Waals surface area contributed by atoms with Crippen LogP contribution in [0.2, 0.25) is 0 Å². The van der Waals surface area contributed by atoms with Gasteiger partial charge in [-0.1, -0.05) is 13.0 Å². The average molecular weight is 339 g/mol. The number of hydrogen-bond donors (Lipinski definition) is 3. The fourth-order valence-corrected chi connectivity index (χ4v) is 3.17. The molecule has 0 bridgehead atoms. The molecule has 1 heterocycles. The molecular formula is C16H22FN3O2S. The molecule has 0 spiro atoms. The van der Waals surface area contributed by atoms with E-state index in [0.717, 1.165) is 17.5 Å². The predicted molar refractivity (Wildman–Crippen MR) is 89.6 cm³/mol. The highest BCUT2D eigenvalue weighted by Crippen LogP contribution is 2.17. The van der Waals surface area contributed by atoms with Crippen LogP contribution in [0.5, 0.6) is 0 Å². The van der Waals surface area contributed by atoms with Crippen LogP contribution < -0.4 is 16.0 Å². The number of piperidine rings is 1. The van der Waals surface area contributed by atoms with E-state index in [0.29, 0.717) is 18.8 Å². The number of carbonyl (C=O) groups is 2. The van der Waals surface area contributed by atoms with Gasteiger partial charge in [-0.15, -0.1) is 0 Å². The van der Waals surface area contributed by atoms with E-state index >= 15 is 0 Å². The fraction of sp³-hybridized carbons (Fsp3) is 0.500. The number of rotatable bonds is 5. The smallest absolute Gasteiger partial charge is 0.315 e. The van der Waals surface area contributed by atoms with Gasteiger partial charge in [-0.05, 0) is 41.9 Å². The minimum absolute atomic E-state index is 0.104. The second-order valence-electron chi connectivity index (χ2n) is 5.71. The van der Waals surface area contributed by atoms with Crippen molar-refractivity contribution in [1.29, 1.82) is 0 Å². The summed E-state index contributed by atoms with van der Waals surface area (Å²) in [4.78, 5) is 23.8. The average Bonchev–Trinajstić information content (AvgIpc) is 2.51. The third kappa shape index (κ3) is 4.86. The lowest BCUT2D eigenvalue weighted by Gasteiger charge is -2.29. The minimum Gasteiger partial charge on any atom is -0.354 e. The van der Waals surface area contributed by atoms with Gasteiger partial charge in [0, 0.05) is 18.8 Å². The van der Waals surface area contributed by atoms with E-state index in [1.165, 1.54) is 12.1 Å². The molecule has 3 amide bonds. The van der Waals surface area contributed by atoms with E-state index in [2.05, 4.69) is 16.0 Å². The largest absolute Gasteiger partial charge is 0.354 e. The van der Waals surface area contributed by atoms with E-state index < -0.39 is 12.1 Å². The zero-order valence-electron chi connectivity index (χ0n) is 13.3. The number of hydrogen-bond acceptors (Lipinski definition) is 3. The number of carbonyl (C=O) groups excluding carboxylic acids is 2. The molecule has 7 heteroatoms. The molecule has 5 nitrogen and oxygen atoms in total. The maximum absolute atomic E-state index is 13.3. The Morgan fingerprint density at radius 3 is 2.91 bits per heavy atom. The summed E-state index contributed by atoms with van der Waals surface area (Å²) in [5.41, 5.74) is 1.73. The van der Waals surface area contributed by atoms with Crippen molar-refractivity contribution in [3.05, 3.63) is 35.1 Å². The van der Waals surface area contributed by atoms with E-state index in [1.807, 2.05) is 13.2 Å². The van der Waals surface area contributed by atoms with Crippen LogP contribution in [0.15, 0.2) is 18.2 Å². The molecule has 0 aromatic heterocycles. The quantitative estimate of drug-likeness (QED) is 0.769. The topological polar surface area (TPSA) is 70.2 Å². The lowest BCUT2D eigenvalue weighted by molar-refractivity contribution is -0.125. The molecule has 126 valence electrons. The van der Waals surface area contributed by atoms with Crippen LogP contribution in [0.1, 0.15) is 24.5 Å². The summed E-state index contributed by atoms with van der Waals surface area (Å²) in [7, 11) is 0. The van der Waals surface area contributed by atoms with E-state index in [4.69, 9.17) is 0 Å². The van der Waals surface area contributed by atoms with Gasteiger partial charge in [-0.25, -0.2) is 9.18 Å². The molecule has 1 aromatic carbocycles. The predicted octanol–water partition coefficient (Wildman–Crippen LogP) is 2.01. The number of thioether (sulfide) groups is 1. The van der Waals surface area contributed by atoms with Gasteiger partial charge >= 0.3 is 6.03 Å². The summed E-state index contributed by atoms with van der Waals surface area (Å²) < 4.78 is 13.3. The highest BCUT2D eigenvalue weighted by Gasteiger charge is 2.29. The second-order valence-corrected chi connectivity index (χ2v) is 6.57. The lowest BCUT2D eigenvalue weighted by atomic mass is 9.94. The number of halogens is 1. The Hall–Kier alpha value is -1.76. The van der Waals surface area contributed by atoms with Crippen molar-refractivity contribution in [2.75, 3.05) is 12.8 Å². The number of nitrogens with one attached hydrogen (secondary N) is 3. The summed E-state index contributed by atoms with van der Waals surface area (Å²) >= 11 is 1.59. The third-order valence-corrected chi connectivity index (χ3v) is 4.54. The van der Waals surface area contributed by atoms with Crippen LogP contribution >= 0.6 is 11.8 Å². The van der Waals surface area contributed by atoms with Gasteiger partial charge in [-0.3, -0.25) is 4.79 Å². The van der Waals surface area contributed by atoms with Crippen molar-refractivity contribution in [3.8, 4) is 0 Å². The molecule has 3 N–H and O–H groups in total. The molecule has 2 unspecified atom stereocenters. The fourth-order valence-electron chi connectivity index (χ4n) is 2.59. The zero-order chi connectivity index (χ0) is 16.8. The van der Waals surface area contributed by atoms with Crippen LogP contribution in [-0.4, -0.2) is 30.8 Å². The molecule has 0 aliphatic carbocycles. The molecule has 1 aromatic rings. The van der Waals surface area contributed by atoms with E-state index in [9.17, 15) is 14.0 Å². The van der Waals surface area contributed by atoms with Gasteiger partial charge in [0.15, 0.2) is 0 Å². The van der Waals surface area contributed by atoms with Gasteiger partial charge in [0.1, 0.15) is 11.9 Å². The van der Waals surface area contributed by atoms with Crippen molar-refractivity contribution < 1.29 is 14.0 Å². The Balaban J connectivity index is 1.92. The highest BCUT2D eigenvalue weighted by atomic mass is 32.2. The van der Waals surface area contributed by atoms with E-state index in [1.54, 1.807) is 17.8 Å². The zero-order valence-corrected chi connectivity index (χ0v) is 14.1. The SMILES string of the molecule is CSCc1cc(F)ccc1CNC(=O)NC1C(=O)NCCC1C. The van der Waals surface area contributed by atoms with E-state index in [-0.39, 0.29) is 17.6 Å². The summed E-state index contributed by atoms with van der Waals surface area (Å²) in [6, 6.07) is 3.65. The Morgan fingerprint density at radius 1 is 1.43 bits per heavy atom. The Morgan fingerprint density at radius 2 is 2.22 bits per heavy atom. The molecule has 2 rings (SSSR count). The summed E-state index contributed by atoms with van der Waals surface area (Å²) in [5, 5.41) is 8.20. The first-order valence-electron chi connectivity index (χ1n) is 7.59. The monoisotopic (exact) mass is 339 g/mol. The van der Waals surface area contributed by atoms with Gasteiger partial charge in [-0.2, -0.15) is 11.8 Å². The molecule has 0 radical (unpaired) electrons. The number of amides is 3. The molecule has 1 fully saturated rings. The van der Waals surface area contributed by atoms with Crippen LogP contribution in [0.3, 0.4) is 0 Å². The highest BCUT2D eigenvalue weighted by molar-refractivity contribution is 7.97. The normalized spacial score (nSPS) is 20.7. The maximum atomic E-state index is 13.3. The van der Waals surface area contributed by atoms with Crippen LogP contribution in [0.25, 0.3) is 0 Å². The Kier molecular flexibility index (Phi) is 6.27. The maximum Gasteiger partial charge on any atom is 0.315 e. The Bertz CT molecular complexity index is 582. The molecule has 2 atom stereocenters. The Labute approximate surface area is 139 Å². The molecule has 23 heavy (non-hydrogen) atoms. The van der Waals surface area contributed by atoms with Crippen molar-refractivity contribution in [2.45, 2.75) is 31.7 Å². The molecule has 1 aliphatic heterocycles. The number of benzene rings is 1.